The van der Waals surface area contributed by atoms with Crippen LogP contribution in [0.4, 0.5) is 5.69 Å². The second-order valence-corrected chi connectivity index (χ2v) is 4.20. The van der Waals surface area contributed by atoms with Crippen molar-refractivity contribution in [3.8, 4) is 0 Å². The summed E-state index contributed by atoms with van der Waals surface area (Å²) in [7, 11) is 1.35. The number of halogens is 1. The van der Waals surface area contributed by atoms with Crippen LogP contribution in [-0.4, -0.2) is 19.3 Å². The molecular formula is C15H12ClNO2. The summed E-state index contributed by atoms with van der Waals surface area (Å²) in [6.07, 6.45) is 1.60. The van der Waals surface area contributed by atoms with E-state index in [2.05, 4.69) is 4.99 Å². The molecule has 0 atom stereocenters. The Morgan fingerprint density at radius 1 is 1.16 bits per heavy atom. The maximum atomic E-state index is 11.6. The first-order valence-corrected chi connectivity index (χ1v) is 6.06. The molecule has 0 bridgehead atoms. The molecule has 96 valence electrons. The second-order valence-electron chi connectivity index (χ2n) is 3.79. The van der Waals surface area contributed by atoms with Crippen molar-refractivity contribution in [3.63, 3.8) is 0 Å². The van der Waals surface area contributed by atoms with Crippen molar-refractivity contribution in [2.45, 2.75) is 0 Å². The first-order valence-electron chi connectivity index (χ1n) is 5.68. The standard InChI is InChI=1S/C15H12ClNO2/c1-19-15(18)12-7-3-2-6-11(12)10-17-14-9-5-4-8-13(14)16/h2-10H,1H3. The van der Waals surface area contributed by atoms with Crippen molar-refractivity contribution in [3.05, 3.63) is 64.7 Å². The molecular weight excluding hydrogens is 262 g/mol. The highest BCUT2D eigenvalue weighted by Gasteiger charge is 2.09. The first-order chi connectivity index (χ1) is 9.22. The SMILES string of the molecule is COC(=O)c1ccccc1C=Nc1ccccc1Cl. The summed E-state index contributed by atoms with van der Waals surface area (Å²) in [6.45, 7) is 0. The highest BCUT2D eigenvalue weighted by atomic mass is 35.5. The second kappa shape index (κ2) is 6.16. The Hall–Kier alpha value is -2.13. The van der Waals surface area contributed by atoms with Gasteiger partial charge in [0.1, 0.15) is 0 Å². The van der Waals surface area contributed by atoms with E-state index in [1.807, 2.05) is 18.2 Å². The van der Waals surface area contributed by atoms with Crippen molar-refractivity contribution in [1.29, 1.82) is 0 Å². The number of para-hydroxylation sites is 1. The van der Waals surface area contributed by atoms with E-state index in [4.69, 9.17) is 16.3 Å². The minimum Gasteiger partial charge on any atom is -0.465 e. The predicted octanol–water partition coefficient (Wildman–Crippen LogP) is 3.88. The van der Waals surface area contributed by atoms with Crippen LogP contribution in [0, 0.1) is 0 Å². The van der Waals surface area contributed by atoms with E-state index in [-0.39, 0.29) is 5.97 Å². The van der Waals surface area contributed by atoms with Gasteiger partial charge in [-0.3, -0.25) is 4.99 Å². The Bertz CT molecular complexity index is 623. The van der Waals surface area contributed by atoms with Crippen molar-refractivity contribution in [1.82, 2.24) is 0 Å². The third-order valence-electron chi connectivity index (χ3n) is 2.56. The lowest BCUT2D eigenvalue weighted by Gasteiger charge is -2.03. The van der Waals surface area contributed by atoms with Gasteiger partial charge in [-0.05, 0) is 18.2 Å². The van der Waals surface area contributed by atoms with Crippen LogP contribution in [0.5, 0.6) is 0 Å². The molecule has 0 saturated carbocycles. The molecule has 0 aromatic heterocycles. The van der Waals surface area contributed by atoms with Gasteiger partial charge in [-0.25, -0.2) is 4.79 Å². The summed E-state index contributed by atoms with van der Waals surface area (Å²) in [6, 6.07) is 14.4. The number of esters is 1. The zero-order chi connectivity index (χ0) is 13.7. The molecule has 0 fully saturated rings. The number of hydrogen-bond donors (Lipinski definition) is 0. The van der Waals surface area contributed by atoms with Gasteiger partial charge >= 0.3 is 5.97 Å². The maximum absolute atomic E-state index is 11.6. The fraction of sp³-hybridized carbons (Fsp3) is 0.0667. The molecule has 0 aliphatic rings. The number of rotatable bonds is 3. The lowest BCUT2D eigenvalue weighted by molar-refractivity contribution is 0.0600. The number of hydrogen-bond acceptors (Lipinski definition) is 3. The first kappa shape index (κ1) is 13.3. The van der Waals surface area contributed by atoms with Gasteiger partial charge in [0.25, 0.3) is 0 Å². The average Bonchev–Trinajstić information content (AvgIpc) is 2.46. The van der Waals surface area contributed by atoms with Gasteiger partial charge < -0.3 is 4.74 Å². The summed E-state index contributed by atoms with van der Waals surface area (Å²) >= 11 is 6.01. The molecule has 3 nitrogen and oxygen atoms in total. The maximum Gasteiger partial charge on any atom is 0.338 e. The van der Waals surface area contributed by atoms with Crippen LogP contribution < -0.4 is 0 Å². The van der Waals surface area contributed by atoms with Crippen molar-refractivity contribution in [2.24, 2.45) is 4.99 Å². The highest BCUT2D eigenvalue weighted by Crippen LogP contribution is 2.23. The number of aliphatic imine (C=N–C) groups is 1. The molecule has 0 aliphatic carbocycles. The molecule has 0 saturated heterocycles. The van der Waals surface area contributed by atoms with Crippen LogP contribution >= 0.6 is 11.6 Å². The van der Waals surface area contributed by atoms with Crippen LogP contribution in [0.25, 0.3) is 0 Å². The van der Waals surface area contributed by atoms with E-state index < -0.39 is 0 Å². The molecule has 19 heavy (non-hydrogen) atoms. The molecule has 0 radical (unpaired) electrons. The summed E-state index contributed by atoms with van der Waals surface area (Å²) in [5.41, 5.74) is 1.82. The molecule has 2 rings (SSSR count). The van der Waals surface area contributed by atoms with Crippen molar-refractivity contribution >= 4 is 29.5 Å². The third-order valence-corrected chi connectivity index (χ3v) is 2.88. The van der Waals surface area contributed by atoms with Gasteiger partial charge in [0.2, 0.25) is 0 Å². The largest absolute Gasteiger partial charge is 0.465 e. The molecule has 0 N–H and O–H groups in total. The van der Waals surface area contributed by atoms with Crippen molar-refractivity contribution in [2.75, 3.05) is 7.11 Å². The van der Waals surface area contributed by atoms with E-state index in [1.54, 1.807) is 36.5 Å². The Morgan fingerprint density at radius 2 is 1.84 bits per heavy atom. The fourth-order valence-corrected chi connectivity index (χ4v) is 1.79. The average molecular weight is 274 g/mol. The Balaban J connectivity index is 2.34. The topological polar surface area (TPSA) is 38.7 Å². The summed E-state index contributed by atoms with van der Waals surface area (Å²) in [5.74, 6) is -0.388. The van der Waals surface area contributed by atoms with E-state index in [9.17, 15) is 4.79 Å². The summed E-state index contributed by atoms with van der Waals surface area (Å²) in [4.78, 5) is 15.9. The molecule has 4 heteroatoms. The molecule has 0 heterocycles. The number of methoxy groups -OCH3 is 1. The van der Waals surface area contributed by atoms with E-state index in [0.29, 0.717) is 21.8 Å². The number of ether oxygens (including phenoxy) is 1. The van der Waals surface area contributed by atoms with Crippen LogP contribution in [0.15, 0.2) is 53.5 Å². The lowest BCUT2D eigenvalue weighted by Crippen LogP contribution is -2.04. The molecule has 0 amide bonds. The van der Waals surface area contributed by atoms with Gasteiger partial charge in [-0.2, -0.15) is 0 Å². The quantitative estimate of drug-likeness (QED) is 0.629. The van der Waals surface area contributed by atoms with Crippen molar-refractivity contribution < 1.29 is 9.53 Å². The monoisotopic (exact) mass is 273 g/mol. The fourth-order valence-electron chi connectivity index (χ4n) is 1.60. The zero-order valence-corrected chi connectivity index (χ0v) is 11.1. The van der Waals surface area contributed by atoms with Crippen LogP contribution in [-0.2, 0) is 4.74 Å². The number of carbonyl (C=O) groups excluding carboxylic acids is 1. The minimum atomic E-state index is -0.388. The van der Waals surface area contributed by atoms with Gasteiger partial charge in [0.15, 0.2) is 0 Å². The van der Waals surface area contributed by atoms with E-state index >= 15 is 0 Å². The van der Waals surface area contributed by atoms with E-state index in [1.165, 1.54) is 7.11 Å². The normalized spacial score (nSPS) is 10.6. The van der Waals surface area contributed by atoms with Gasteiger partial charge in [0.05, 0.1) is 23.4 Å². The summed E-state index contributed by atoms with van der Waals surface area (Å²) in [5, 5.41) is 0.564. The summed E-state index contributed by atoms with van der Waals surface area (Å²) < 4.78 is 4.73. The Labute approximate surface area is 116 Å². The smallest absolute Gasteiger partial charge is 0.338 e. The van der Waals surface area contributed by atoms with Crippen LogP contribution in [0.3, 0.4) is 0 Å². The molecule has 0 spiro atoms. The zero-order valence-electron chi connectivity index (χ0n) is 10.3. The van der Waals surface area contributed by atoms with Gasteiger partial charge in [0, 0.05) is 11.8 Å². The number of benzene rings is 2. The Kier molecular flexibility index (Phi) is 4.31. The lowest BCUT2D eigenvalue weighted by atomic mass is 10.1. The molecule has 2 aromatic carbocycles. The van der Waals surface area contributed by atoms with Gasteiger partial charge in [-0.15, -0.1) is 0 Å². The Morgan fingerprint density at radius 3 is 2.58 bits per heavy atom. The predicted molar refractivity (Wildman–Crippen MR) is 76.5 cm³/mol. The van der Waals surface area contributed by atoms with Gasteiger partial charge in [-0.1, -0.05) is 41.9 Å². The molecule has 0 unspecified atom stereocenters. The minimum absolute atomic E-state index is 0.388. The number of nitrogens with zero attached hydrogens (tertiary/aromatic N) is 1. The number of carbonyl (C=O) groups is 1. The molecule has 0 aliphatic heterocycles. The third kappa shape index (κ3) is 3.20. The van der Waals surface area contributed by atoms with Crippen LogP contribution in [0.2, 0.25) is 5.02 Å². The molecule has 2 aromatic rings. The van der Waals surface area contributed by atoms with Crippen LogP contribution in [0.1, 0.15) is 15.9 Å². The van der Waals surface area contributed by atoms with E-state index in [0.717, 1.165) is 0 Å². The highest BCUT2D eigenvalue weighted by molar-refractivity contribution is 6.33.